The van der Waals surface area contributed by atoms with E-state index < -0.39 is 0 Å². The minimum absolute atomic E-state index is 0.414. The van der Waals surface area contributed by atoms with Gasteiger partial charge < -0.3 is 24.7 Å². The molecule has 0 aliphatic rings. The van der Waals surface area contributed by atoms with Crippen molar-refractivity contribution in [3.63, 3.8) is 0 Å². The normalized spacial score (nSPS) is 13.2. The van der Waals surface area contributed by atoms with Crippen LogP contribution in [-0.2, 0) is 11.3 Å². The maximum absolute atomic E-state index is 5.57. The highest BCUT2D eigenvalue weighted by Gasteiger charge is 2.06. The van der Waals surface area contributed by atoms with Gasteiger partial charge in [0.05, 0.1) is 6.26 Å². The van der Waals surface area contributed by atoms with Gasteiger partial charge in [0.15, 0.2) is 5.96 Å². The second-order valence-corrected chi connectivity index (χ2v) is 6.20. The second-order valence-electron chi connectivity index (χ2n) is 6.20. The highest BCUT2D eigenvalue weighted by molar-refractivity contribution is 5.79. The van der Waals surface area contributed by atoms with Crippen LogP contribution in [0.4, 0.5) is 0 Å². The molecule has 6 heteroatoms. The third kappa shape index (κ3) is 10.1. The van der Waals surface area contributed by atoms with E-state index in [2.05, 4.69) is 41.3 Å². The monoisotopic (exact) mass is 352 g/mol. The molecule has 0 spiro atoms. The van der Waals surface area contributed by atoms with Gasteiger partial charge in [0.2, 0.25) is 0 Å². The van der Waals surface area contributed by atoms with Gasteiger partial charge in [0, 0.05) is 26.2 Å². The van der Waals surface area contributed by atoms with Gasteiger partial charge in [-0.1, -0.05) is 13.8 Å². The highest BCUT2D eigenvalue weighted by atomic mass is 16.5. The number of guanidine groups is 1. The molecular weight excluding hydrogens is 316 g/mol. The number of rotatable bonds is 13. The first-order valence-electron chi connectivity index (χ1n) is 9.49. The van der Waals surface area contributed by atoms with Crippen LogP contribution in [0.15, 0.2) is 27.8 Å². The average molecular weight is 353 g/mol. The zero-order valence-electron chi connectivity index (χ0n) is 16.4. The smallest absolute Gasteiger partial charge is 0.191 e. The minimum atomic E-state index is 0.414. The first-order valence-corrected chi connectivity index (χ1v) is 9.49. The van der Waals surface area contributed by atoms with Crippen LogP contribution in [-0.4, -0.2) is 56.7 Å². The summed E-state index contributed by atoms with van der Waals surface area (Å²) in [6.07, 6.45) is 4.94. The number of nitrogens with zero attached hydrogens (tertiary/aromatic N) is 2. The van der Waals surface area contributed by atoms with E-state index in [-0.39, 0.29) is 0 Å². The maximum atomic E-state index is 5.57. The number of nitrogens with one attached hydrogen (secondary N) is 2. The summed E-state index contributed by atoms with van der Waals surface area (Å²) in [5.74, 6) is 1.73. The molecule has 0 fully saturated rings. The Hall–Kier alpha value is -1.53. The molecule has 0 aliphatic heterocycles. The summed E-state index contributed by atoms with van der Waals surface area (Å²) in [7, 11) is 1.81. The van der Waals surface area contributed by atoms with E-state index >= 15 is 0 Å². The molecule has 1 aromatic heterocycles. The molecule has 1 rings (SSSR count). The Kier molecular flexibility index (Phi) is 11.8. The van der Waals surface area contributed by atoms with Crippen molar-refractivity contribution in [2.24, 2.45) is 4.99 Å². The summed E-state index contributed by atoms with van der Waals surface area (Å²) in [5, 5.41) is 6.79. The molecule has 0 amide bonds. The van der Waals surface area contributed by atoms with Crippen LogP contribution in [0.2, 0.25) is 0 Å². The molecule has 1 aromatic rings. The van der Waals surface area contributed by atoms with Gasteiger partial charge in [-0.15, -0.1) is 0 Å². The van der Waals surface area contributed by atoms with E-state index in [9.17, 15) is 0 Å². The predicted molar refractivity (Wildman–Crippen MR) is 104 cm³/mol. The van der Waals surface area contributed by atoms with E-state index in [1.807, 2.05) is 19.2 Å². The lowest BCUT2D eigenvalue weighted by atomic mass is 10.2. The van der Waals surface area contributed by atoms with Crippen molar-refractivity contribution in [2.45, 2.75) is 52.7 Å². The lowest BCUT2D eigenvalue weighted by Crippen LogP contribution is -2.43. The summed E-state index contributed by atoms with van der Waals surface area (Å²) in [6, 6.07) is 4.21. The fourth-order valence-electron chi connectivity index (χ4n) is 2.61. The minimum Gasteiger partial charge on any atom is -0.467 e. The molecular formula is C19H36N4O2. The Balaban J connectivity index is 2.06. The topological polar surface area (TPSA) is 62.0 Å². The van der Waals surface area contributed by atoms with Gasteiger partial charge in [-0.25, -0.2) is 0 Å². The molecule has 6 nitrogen and oxygen atoms in total. The van der Waals surface area contributed by atoms with Crippen LogP contribution in [0.3, 0.4) is 0 Å². The van der Waals surface area contributed by atoms with Crippen molar-refractivity contribution in [3.8, 4) is 0 Å². The molecule has 1 unspecified atom stereocenters. The Bertz CT molecular complexity index is 444. The summed E-state index contributed by atoms with van der Waals surface area (Å²) >= 11 is 0. The summed E-state index contributed by atoms with van der Waals surface area (Å²) in [4.78, 5) is 6.75. The quantitative estimate of drug-likeness (QED) is 0.325. The van der Waals surface area contributed by atoms with Crippen LogP contribution in [0.1, 0.15) is 45.8 Å². The van der Waals surface area contributed by atoms with Crippen molar-refractivity contribution < 1.29 is 9.15 Å². The van der Waals surface area contributed by atoms with Crippen LogP contribution in [0.25, 0.3) is 0 Å². The van der Waals surface area contributed by atoms with Crippen molar-refractivity contribution >= 4 is 5.96 Å². The van der Waals surface area contributed by atoms with Crippen molar-refractivity contribution in [1.29, 1.82) is 0 Å². The van der Waals surface area contributed by atoms with Gasteiger partial charge in [-0.05, 0) is 58.0 Å². The summed E-state index contributed by atoms with van der Waals surface area (Å²) in [6.45, 7) is 12.1. The predicted octanol–water partition coefficient (Wildman–Crippen LogP) is 2.86. The summed E-state index contributed by atoms with van der Waals surface area (Å²) in [5.41, 5.74) is 0. The van der Waals surface area contributed by atoms with E-state index in [4.69, 9.17) is 9.15 Å². The van der Waals surface area contributed by atoms with Crippen molar-refractivity contribution in [2.75, 3.05) is 39.8 Å². The molecule has 0 aliphatic carbocycles. The van der Waals surface area contributed by atoms with Crippen molar-refractivity contribution in [3.05, 3.63) is 24.2 Å². The molecule has 144 valence electrons. The second kappa shape index (κ2) is 13.7. The van der Waals surface area contributed by atoms with Gasteiger partial charge in [0.1, 0.15) is 12.4 Å². The van der Waals surface area contributed by atoms with Crippen LogP contribution in [0.5, 0.6) is 0 Å². The number of furan rings is 1. The molecule has 1 atom stereocenters. The fraction of sp³-hybridized carbons (Fsp3) is 0.737. The van der Waals surface area contributed by atoms with Gasteiger partial charge in [-0.2, -0.15) is 0 Å². The molecule has 0 bridgehead atoms. The van der Waals surface area contributed by atoms with E-state index in [0.29, 0.717) is 19.3 Å². The maximum Gasteiger partial charge on any atom is 0.191 e. The number of aliphatic imine (C=N–C) groups is 1. The number of hydrogen-bond acceptors (Lipinski definition) is 4. The van der Waals surface area contributed by atoms with E-state index in [1.54, 1.807) is 6.26 Å². The molecule has 0 aromatic carbocycles. The lowest BCUT2D eigenvalue weighted by molar-refractivity contribution is 0.105. The van der Waals surface area contributed by atoms with Crippen LogP contribution in [0, 0.1) is 0 Å². The Morgan fingerprint density at radius 2 is 2.12 bits per heavy atom. The van der Waals surface area contributed by atoms with Crippen LogP contribution < -0.4 is 10.6 Å². The van der Waals surface area contributed by atoms with Crippen LogP contribution >= 0.6 is 0 Å². The Labute approximate surface area is 153 Å². The zero-order chi connectivity index (χ0) is 18.3. The molecule has 25 heavy (non-hydrogen) atoms. The zero-order valence-corrected chi connectivity index (χ0v) is 16.4. The number of ether oxygens (including phenoxy) is 1. The third-order valence-corrected chi connectivity index (χ3v) is 4.19. The Morgan fingerprint density at radius 3 is 2.76 bits per heavy atom. The SMILES string of the molecule is CCN(CC)CCCC(C)NC(=NC)NCCCOCc1ccco1. The van der Waals surface area contributed by atoms with Gasteiger partial charge in [0.25, 0.3) is 0 Å². The van der Waals surface area contributed by atoms with Gasteiger partial charge >= 0.3 is 0 Å². The standard InChI is InChI=1S/C19H36N4O2/c1-5-23(6-2)13-7-10-17(3)22-19(20-4)21-12-9-14-24-16-18-11-8-15-25-18/h8,11,15,17H,5-7,9-10,12-14,16H2,1-4H3,(H2,20,21,22). The Morgan fingerprint density at radius 1 is 1.32 bits per heavy atom. The molecule has 0 saturated heterocycles. The molecule has 0 saturated carbocycles. The highest BCUT2D eigenvalue weighted by Crippen LogP contribution is 2.02. The van der Waals surface area contributed by atoms with Crippen molar-refractivity contribution in [1.82, 2.24) is 15.5 Å². The summed E-state index contributed by atoms with van der Waals surface area (Å²) < 4.78 is 10.8. The first kappa shape index (κ1) is 21.5. The fourth-order valence-corrected chi connectivity index (χ4v) is 2.61. The molecule has 1 heterocycles. The lowest BCUT2D eigenvalue weighted by Gasteiger charge is -2.21. The average Bonchev–Trinajstić information content (AvgIpc) is 3.14. The first-order chi connectivity index (χ1) is 12.2. The molecule has 2 N–H and O–H groups in total. The van der Waals surface area contributed by atoms with Gasteiger partial charge in [-0.3, -0.25) is 4.99 Å². The third-order valence-electron chi connectivity index (χ3n) is 4.19. The molecule has 0 radical (unpaired) electrons. The van der Waals surface area contributed by atoms with E-state index in [0.717, 1.165) is 50.7 Å². The largest absolute Gasteiger partial charge is 0.467 e. The number of hydrogen-bond donors (Lipinski definition) is 2. The van der Waals surface area contributed by atoms with E-state index in [1.165, 1.54) is 6.42 Å².